The van der Waals surface area contributed by atoms with Gasteiger partial charge in [-0.3, -0.25) is 0 Å². The minimum Gasteiger partial charge on any atom is -0.388 e. The van der Waals surface area contributed by atoms with Gasteiger partial charge in [-0.2, -0.15) is 5.26 Å². The van der Waals surface area contributed by atoms with Gasteiger partial charge in [0.05, 0.1) is 12.7 Å². The van der Waals surface area contributed by atoms with E-state index < -0.39 is 39.3 Å². The molecule has 2 aromatic carbocycles. The summed E-state index contributed by atoms with van der Waals surface area (Å²) in [5.41, 5.74) is 1.57. The Kier molecular flexibility index (Phi) is 6.96. The van der Waals surface area contributed by atoms with Crippen LogP contribution >= 0.6 is 0 Å². The van der Waals surface area contributed by atoms with Crippen LogP contribution in [0.25, 0.3) is 16.8 Å². The van der Waals surface area contributed by atoms with Gasteiger partial charge in [0, 0.05) is 26.3 Å². The summed E-state index contributed by atoms with van der Waals surface area (Å²) < 4.78 is 32.6. The van der Waals surface area contributed by atoms with Crippen LogP contribution in [0, 0.1) is 11.3 Å². The second kappa shape index (κ2) is 9.32. The number of anilines is 1. The minimum atomic E-state index is -4.19. The van der Waals surface area contributed by atoms with Crippen molar-refractivity contribution in [3.05, 3.63) is 46.9 Å². The largest absolute Gasteiger partial charge is 0.388 e. The summed E-state index contributed by atoms with van der Waals surface area (Å²) in [5, 5.41) is 40.4. The van der Waals surface area contributed by atoms with E-state index in [4.69, 9.17) is 4.74 Å². The molecule has 0 bridgehead atoms. The second-order valence-corrected chi connectivity index (χ2v) is 9.31. The summed E-state index contributed by atoms with van der Waals surface area (Å²) in [6.45, 7) is -0.602. The predicted molar refractivity (Wildman–Crippen MR) is 117 cm³/mol. The van der Waals surface area contributed by atoms with E-state index in [-0.39, 0.29) is 13.2 Å². The van der Waals surface area contributed by atoms with Crippen LogP contribution in [-0.2, 0) is 14.8 Å². The maximum atomic E-state index is 12.6. The Morgan fingerprint density at radius 3 is 2.55 bits per heavy atom. The summed E-state index contributed by atoms with van der Waals surface area (Å²) in [7, 11) is -0.308. The molecule has 166 valence electrons. The lowest BCUT2D eigenvalue weighted by Crippen LogP contribution is -2.56. The molecule has 0 saturated carbocycles. The first kappa shape index (κ1) is 23.1. The summed E-state index contributed by atoms with van der Waals surface area (Å²) in [5.74, 6) is 0. The summed E-state index contributed by atoms with van der Waals surface area (Å²) in [4.78, 5) is 1.48. The Bertz CT molecular complexity index is 1130. The van der Waals surface area contributed by atoms with Gasteiger partial charge in [0.1, 0.15) is 24.4 Å². The zero-order chi connectivity index (χ0) is 22.8. The number of benzene rings is 2. The number of allylic oxidation sites excluding steroid dienone is 1. The Morgan fingerprint density at radius 2 is 1.87 bits per heavy atom. The van der Waals surface area contributed by atoms with Gasteiger partial charge in [0.15, 0.2) is 4.91 Å². The Labute approximate surface area is 180 Å². The van der Waals surface area contributed by atoms with Crippen molar-refractivity contribution in [2.45, 2.75) is 24.4 Å². The molecule has 1 aliphatic rings. The third-order valence-corrected chi connectivity index (χ3v) is 6.48. The zero-order valence-corrected chi connectivity index (χ0v) is 18.0. The maximum Gasteiger partial charge on any atom is 0.250 e. The quantitative estimate of drug-likeness (QED) is 0.459. The number of nitriles is 1. The summed E-state index contributed by atoms with van der Waals surface area (Å²) in [6, 6.07) is 12.9. The maximum absolute atomic E-state index is 12.6. The van der Waals surface area contributed by atoms with E-state index in [0.717, 1.165) is 16.5 Å². The number of ether oxygens (including phenoxy) is 1. The summed E-state index contributed by atoms with van der Waals surface area (Å²) in [6.07, 6.45) is -3.95. The van der Waals surface area contributed by atoms with Gasteiger partial charge in [-0.15, -0.1) is 0 Å². The number of aliphatic hydroxyl groups excluding tert-OH is 3. The molecule has 3 rings (SSSR count). The van der Waals surface area contributed by atoms with Crippen LogP contribution in [0.4, 0.5) is 5.69 Å². The monoisotopic (exact) mass is 447 g/mol. The highest BCUT2D eigenvalue weighted by molar-refractivity contribution is 7.93. The van der Waals surface area contributed by atoms with Gasteiger partial charge in [0.2, 0.25) is 0 Å². The van der Waals surface area contributed by atoms with Crippen molar-refractivity contribution in [1.29, 1.82) is 5.26 Å². The molecule has 0 aromatic heterocycles. The molecule has 4 unspecified atom stereocenters. The lowest BCUT2D eigenvalue weighted by molar-refractivity contribution is -0.184. The smallest absolute Gasteiger partial charge is 0.250 e. The van der Waals surface area contributed by atoms with Crippen LogP contribution in [0.3, 0.4) is 0 Å². The van der Waals surface area contributed by atoms with Crippen LogP contribution < -0.4 is 9.62 Å². The number of aliphatic hydroxyl groups is 3. The topological polar surface area (TPSA) is 143 Å². The SMILES string of the molecule is CN(C)c1ccc2cc(C=C(C#N)S(=O)(=O)NCC3OCC(O)C(O)C3O)ccc2c1. The van der Waals surface area contributed by atoms with Crippen molar-refractivity contribution in [3.63, 3.8) is 0 Å². The van der Waals surface area contributed by atoms with Crippen molar-refractivity contribution in [1.82, 2.24) is 4.72 Å². The number of fused-ring (bicyclic) bond motifs is 1. The van der Waals surface area contributed by atoms with E-state index >= 15 is 0 Å². The fraction of sp³-hybridized carbons (Fsp3) is 0.381. The number of hydrogen-bond acceptors (Lipinski definition) is 8. The third-order valence-electron chi connectivity index (χ3n) is 5.14. The Balaban J connectivity index is 1.78. The van der Waals surface area contributed by atoms with E-state index in [2.05, 4.69) is 4.72 Å². The molecular weight excluding hydrogens is 422 g/mol. The van der Waals surface area contributed by atoms with E-state index in [0.29, 0.717) is 5.56 Å². The molecule has 31 heavy (non-hydrogen) atoms. The minimum absolute atomic E-state index is 0.238. The number of nitrogens with zero attached hydrogens (tertiary/aromatic N) is 2. The molecule has 0 aliphatic carbocycles. The number of sulfonamides is 1. The highest BCUT2D eigenvalue weighted by atomic mass is 32.2. The highest BCUT2D eigenvalue weighted by Gasteiger charge is 2.38. The van der Waals surface area contributed by atoms with Crippen molar-refractivity contribution in [2.24, 2.45) is 0 Å². The van der Waals surface area contributed by atoms with Gasteiger partial charge in [-0.1, -0.05) is 18.2 Å². The first-order valence-electron chi connectivity index (χ1n) is 9.61. The van der Waals surface area contributed by atoms with E-state index in [9.17, 15) is 29.0 Å². The zero-order valence-electron chi connectivity index (χ0n) is 17.1. The number of rotatable bonds is 6. The Hall–Kier alpha value is -2.52. The Morgan fingerprint density at radius 1 is 1.19 bits per heavy atom. The molecule has 4 atom stereocenters. The number of hydrogen-bond donors (Lipinski definition) is 4. The molecule has 2 aromatic rings. The third kappa shape index (κ3) is 5.22. The van der Waals surface area contributed by atoms with Crippen molar-refractivity contribution in [2.75, 3.05) is 32.1 Å². The molecule has 10 heteroatoms. The molecular formula is C21H25N3O6S. The van der Waals surface area contributed by atoms with Crippen molar-refractivity contribution in [3.8, 4) is 6.07 Å². The first-order valence-corrected chi connectivity index (χ1v) is 11.1. The van der Waals surface area contributed by atoms with E-state index in [1.165, 1.54) is 6.08 Å². The van der Waals surface area contributed by atoms with Gasteiger partial charge >= 0.3 is 0 Å². The van der Waals surface area contributed by atoms with Crippen LogP contribution in [0.5, 0.6) is 0 Å². The van der Waals surface area contributed by atoms with Crippen LogP contribution in [0.2, 0.25) is 0 Å². The van der Waals surface area contributed by atoms with Crippen molar-refractivity contribution < 1.29 is 28.5 Å². The molecule has 1 fully saturated rings. The van der Waals surface area contributed by atoms with Gasteiger partial charge in [-0.05, 0) is 40.6 Å². The van der Waals surface area contributed by atoms with Gasteiger partial charge in [-0.25, -0.2) is 13.1 Å². The van der Waals surface area contributed by atoms with Crippen LogP contribution in [0.15, 0.2) is 41.3 Å². The normalized spacial score (nSPS) is 24.7. The summed E-state index contributed by atoms with van der Waals surface area (Å²) >= 11 is 0. The predicted octanol–water partition coefficient (Wildman–Crippen LogP) is 0.171. The number of nitrogens with one attached hydrogen (secondary N) is 1. The van der Waals surface area contributed by atoms with Gasteiger partial charge in [0.25, 0.3) is 10.0 Å². The van der Waals surface area contributed by atoms with Crippen LogP contribution in [0.1, 0.15) is 5.56 Å². The average molecular weight is 448 g/mol. The van der Waals surface area contributed by atoms with Gasteiger partial charge < -0.3 is 25.0 Å². The van der Waals surface area contributed by atoms with E-state index in [1.54, 1.807) is 18.2 Å². The molecule has 9 nitrogen and oxygen atoms in total. The molecule has 0 spiro atoms. The molecule has 1 aliphatic heterocycles. The van der Waals surface area contributed by atoms with Crippen LogP contribution in [-0.4, -0.2) is 75.4 Å². The highest BCUT2D eigenvalue weighted by Crippen LogP contribution is 2.23. The fourth-order valence-electron chi connectivity index (χ4n) is 3.26. The van der Waals surface area contributed by atoms with E-state index in [1.807, 2.05) is 43.3 Å². The lowest BCUT2D eigenvalue weighted by Gasteiger charge is -2.35. The molecule has 0 amide bonds. The molecule has 0 radical (unpaired) electrons. The van der Waals surface area contributed by atoms with Crippen molar-refractivity contribution >= 4 is 32.6 Å². The first-order chi connectivity index (χ1) is 14.6. The molecule has 1 saturated heterocycles. The second-order valence-electron chi connectivity index (χ2n) is 7.58. The fourth-order valence-corrected chi connectivity index (χ4v) is 4.21. The lowest BCUT2D eigenvalue weighted by atomic mass is 10.0. The standard InChI is InChI=1S/C21H25N3O6S/c1-24(2)16-6-5-14-7-13(3-4-15(14)9-16)8-17(10-22)31(28,29)23-11-19-21(27)20(26)18(25)12-30-19/h3-9,18-21,23,25-27H,11-12H2,1-2H3. The average Bonchev–Trinajstić information content (AvgIpc) is 2.74. The molecule has 4 N–H and O–H groups in total. The molecule has 1 heterocycles.